The second-order valence-corrected chi connectivity index (χ2v) is 26.2. The molecule has 0 aromatic heterocycles. The molecule has 0 unspecified atom stereocenters. The van der Waals surface area contributed by atoms with Crippen molar-refractivity contribution in [1.29, 1.82) is 0 Å². The van der Waals surface area contributed by atoms with Crippen LogP contribution in [-0.4, -0.2) is 42.4 Å². The molecule has 0 atom stereocenters. The second-order valence-electron chi connectivity index (χ2n) is 5.65. The zero-order chi connectivity index (χ0) is 9.83. The second kappa shape index (κ2) is 5.38. The Balaban J connectivity index is 3.35. The number of hydrogen-bond acceptors (Lipinski definition) is 0. The van der Waals surface area contributed by atoms with E-state index in [4.69, 9.17) is 0 Å². The summed E-state index contributed by atoms with van der Waals surface area (Å²) in [6.07, 6.45) is 0. The van der Waals surface area contributed by atoms with Crippen LogP contribution in [0.4, 0.5) is 0 Å². The Morgan fingerprint density at radius 1 is 0.667 bits per heavy atom. The molecule has 0 aromatic rings. The summed E-state index contributed by atoms with van der Waals surface area (Å²) < 4.78 is 0. The van der Waals surface area contributed by atoms with E-state index < -0.39 is 16.1 Å². The summed E-state index contributed by atoms with van der Waals surface area (Å²) in [5.41, 5.74) is 0. The average molecular weight is 332 g/mol. The first-order valence-corrected chi connectivity index (χ1v) is 18.6. The molecule has 0 saturated carbocycles. The van der Waals surface area contributed by atoms with E-state index in [0.29, 0.717) is 0 Å². The van der Waals surface area contributed by atoms with Crippen molar-refractivity contribution < 1.29 is 0 Å². The van der Waals surface area contributed by atoms with E-state index in [-0.39, 0.29) is 0 Å². The van der Waals surface area contributed by atoms with Crippen molar-refractivity contribution in [3.63, 3.8) is 0 Å². The molecule has 0 aliphatic heterocycles. The van der Waals surface area contributed by atoms with Crippen LogP contribution >= 0.6 is 0 Å². The maximum atomic E-state index is 2.50. The van der Waals surface area contributed by atoms with Crippen molar-refractivity contribution in [3.8, 4) is 0 Å². The minimum absolute atomic E-state index is 0.695. The first kappa shape index (κ1) is 13.5. The summed E-state index contributed by atoms with van der Waals surface area (Å²) in [5, 5.41) is 0. The summed E-state index contributed by atoms with van der Waals surface area (Å²) in [7, 11) is -1.39. The third kappa shape index (κ3) is 11.5. The van der Waals surface area contributed by atoms with E-state index in [2.05, 4.69) is 39.3 Å². The van der Waals surface area contributed by atoms with Crippen LogP contribution in [0.2, 0.25) is 49.2 Å². The number of rotatable bonds is 5. The van der Waals surface area contributed by atoms with Gasteiger partial charge in [0.2, 0.25) is 0 Å². The molecule has 0 N–H and O–H groups in total. The maximum absolute atomic E-state index is 2.50. The van der Waals surface area contributed by atoms with Gasteiger partial charge in [0.15, 0.2) is 0 Å². The van der Waals surface area contributed by atoms with Crippen LogP contribution < -0.4 is 0 Å². The molecule has 0 aromatic carbocycles. The predicted octanol–water partition coefficient (Wildman–Crippen LogP) is 2.90. The summed E-state index contributed by atoms with van der Waals surface area (Å²) in [4.78, 5) is 3.23. The zero-order valence-corrected chi connectivity index (χ0v) is 14.7. The van der Waals surface area contributed by atoms with Gasteiger partial charge in [-0.1, -0.05) is 0 Å². The molecule has 74 valence electrons. The van der Waals surface area contributed by atoms with Crippen LogP contribution in [0.25, 0.3) is 0 Å². The first-order valence-electron chi connectivity index (χ1n) is 4.45. The molecule has 0 aliphatic carbocycles. The molecule has 0 nitrogen and oxygen atoms in total. The zero-order valence-electron chi connectivity index (χ0n) is 9.23. The van der Waals surface area contributed by atoms with Gasteiger partial charge < -0.3 is 0 Å². The topological polar surface area (TPSA) is 0 Å². The molecule has 0 heterocycles. The third-order valence-electron chi connectivity index (χ3n) is 1.07. The molecule has 0 bridgehead atoms. The van der Waals surface area contributed by atoms with Gasteiger partial charge in [-0.05, 0) is 0 Å². The van der Waals surface area contributed by atoms with Crippen LogP contribution in [0.15, 0.2) is 0 Å². The predicted molar refractivity (Wildman–Crippen MR) is 67.8 cm³/mol. The number of hydrogen-bond donors (Lipinski definition) is 0. The molecule has 0 amide bonds. The van der Waals surface area contributed by atoms with Crippen LogP contribution in [0.1, 0.15) is 0 Å². The Bertz CT molecular complexity index is 108. The van der Waals surface area contributed by atoms with Gasteiger partial charge in [-0.2, -0.15) is 0 Å². The van der Waals surface area contributed by atoms with Gasteiger partial charge in [-0.25, -0.2) is 0 Å². The molecule has 4 heteroatoms. The Kier molecular flexibility index (Phi) is 6.04. The first-order chi connectivity index (χ1) is 5.21. The minimum atomic E-state index is -0.695. The van der Waals surface area contributed by atoms with Gasteiger partial charge in [-0.3, -0.25) is 0 Å². The van der Waals surface area contributed by atoms with Crippen molar-refractivity contribution in [3.05, 3.63) is 0 Å². The molecule has 0 radical (unpaired) electrons. The monoisotopic (exact) mass is 334 g/mol. The van der Waals surface area contributed by atoms with Gasteiger partial charge in [-0.15, -0.1) is 0 Å². The summed E-state index contributed by atoms with van der Waals surface area (Å²) in [6, 6.07) is 0. The van der Waals surface area contributed by atoms with E-state index in [1.54, 1.807) is 9.89 Å². The van der Waals surface area contributed by atoms with Crippen LogP contribution in [0.5, 0.6) is 0 Å². The Labute approximate surface area is 91.2 Å². The third-order valence-corrected chi connectivity index (χ3v) is 25.3. The van der Waals surface area contributed by atoms with Crippen LogP contribution in [0, 0.1) is 0 Å². The summed E-state index contributed by atoms with van der Waals surface area (Å²) in [6.45, 7) is 15.0. The van der Waals surface area contributed by atoms with Crippen molar-refractivity contribution in [1.82, 2.24) is 0 Å². The molecule has 0 aliphatic rings. The van der Waals surface area contributed by atoms with Crippen molar-refractivity contribution in [2.75, 3.05) is 0 Å². The van der Waals surface area contributed by atoms with Gasteiger partial charge >= 0.3 is 91.6 Å². The Morgan fingerprint density at radius 2 is 0.917 bits per heavy atom. The standard InChI is InChI=1S/C8H22Se2Si2/c1-11(2,3)7-9-10-8-12(4,5)6/h7-8H2,1-6H3. The van der Waals surface area contributed by atoms with Crippen LogP contribution in [0.3, 0.4) is 0 Å². The molecule has 12 heavy (non-hydrogen) atoms. The normalized spacial score (nSPS) is 13.5. The van der Waals surface area contributed by atoms with Crippen molar-refractivity contribution >= 4 is 42.4 Å². The molecule has 0 fully saturated rings. The fourth-order valence-electron chi connectivity index (χ4n) is 0.437. The molecule has 0 rings (SSSR count). The Hall–Kier alpha value is 1.47. The van der Waals surface area contributed by atoms with E-state index in [9.17, 15) is 0 Å². The van der Waals surface area contributed by atoms with E-state index in [1.807, 2.05) is 0 Å². The van der Waals surface area contributed by atoms with Gasteiger partial charge in [0.25, 0.3) is 0 Å². The van der Waals surface area contributed by atoms with Crippen LogP contribution in [-0.2, 0) is 0 Å². The Morgan fingerprint density at radius 3 is 1.08 bits per heavy atom. The SMILES string of the molecule is C[Si](C)(C)C[Se][Se]C[Si](C)(C)C. The fraction of sp³-hybridized carbons (Fsp3) is 1.00. The van der Waals surface area contributed by atoms with Crippen molar-refractivity contribution in [2.24, 2.45) is 0 Å². The fourth-order valence-corrected chi connectivity index (χ4v) is 35.4. The average Bonchev–Trinajstić information content (AvgIpc) is 1.76. The molecular weight excluding hydrogens is 310 g/mol. The van der Waals surface area contributed by atoms with Gasteiger partial charge in [0, 0.05) is 0 Å². The molecule has 0 spiro atoms. The quantitative estimate of drug-likeness (QED) is 0.536. The van der Waals surface area contributed by atoms with E-state index in [0.717, 1.165) is 26.3 Å². The summed E-state index contributed by atoms with van der Waals surface area (Å²) >= 11 is 2.05. The van der Waals surface area contributed by atoms with Gasteiger partial charge in [0.1, 0.15) is 0 Å². The molecule has 0 saturated heterocycles. The molecular formula is C8H22Se2Si2. The van der Waals surface area contributed by atoms with E-state index in [1.165, 1.54) is 0 Å². The van der Waals surface area contributed by atoms with E-state index >= 15 is 0 Å². The summed E-state index contributed by atoms with van der Waals surface area (Å²) in [5.74, 6) is 0. The van der Waals surface area contributed by atoms with Gasteiger partial charge in [0.05, 0.1) is 0 Å². The van der Waals surface area contributed by atoms with Crippen molar-refractivity contribution in [2.45, 2.75) is 49.2 Å².